The zero-order valence-electron chi connectivity index (χ0n) is 22.8. The number of nitrogens with zero attached hydrogens (tertiary/aromatic N) is 2. The lowest BCUT2D eigenvalue weighted by Gasteiger charge is -2.16. The molecule has 0 bridgehead atoms. The van der Waals surface area contributed by atoms with Gasteiger partial charge in [0, 0.05) is 23.6 Å². The quantitative estimate of drug-likeness (QED) is 0.0776. The smallest absolute Gasteiger partial charge is 0.200 e. The van der Waals surface area contributed by atoms with Crippen molar-refractivity contribution in [2.45, 2.75) is 0 Å². The summed E-state index contributed by atoms with van der Waals surface area (Å²) in [5.41, 5.74) is -2.30. The van der Waals surface area contributed by atoms with Gasteiger partial charge in [0.2, 0.25) is 11.6 Å². The molecule has 230 valence electrons. The molecule has 0 aliphatic carbocycles. The summed E-state index contributed by atoms with van der Waals surface area (Å²) in [5, 5.41) is 2.13. The summed E-state index contributed by atoms with van der Waals surface area (Å²) in [6.07, 6.45) is 0.930. The average molecular weight is 640 g/mol. The first-order chi connectivity index (χ1) is 22.0. The summed E-state index contributed by atoms with van der Waals surface area (Å²) in [6, 6.07) is 19.4. The third-order valence-corrected chi connectivity index (χ3v) is 7.22. The summed E-state index contributed by atoms with van der Waals surface area (Å²) in [4.78, 5) is 8.18. The SMILES string of the molecule is Fc1c(F)c(F)c(C=Nc2ccc3ccccc3c2-c2c(N=Cc3c(F)c(F)c(F)c(F)c3F)ccc3ccccc23)c(F)c1F. The van der Waals surface area contributed by atoms with E-state index in [4.69, 9.17) is 0 Å². The Kier molecular flexibility index (Phi) is 7.80. The molecule has 2 nitrogen and oxygen atoms in total. The molecule has 0 unspecified atom stereocenters. The van der Waals surface area contributed by atoms with Crippen LogP contribution in [0.1, 0.15) is 11.1 Å². The molecule has 0 aliphatic rings. The number of halogens is 10. The molecule has 6 aromatic carbocycles. The van der Waals surface area contributed by atoms with Gasteiger partial charge in [-0.15, -0.1) is 0 Å². The van der Waals surface area contributed by atoms with Crippen molar-refractivity contribution in [3.8, 4) is 11.1 Å². The Hall–Kier alpha value is -5.52. The lowest BCUT2D eigenvalue weighted by molar-refractivity contribution is 0.377. The van der Waals surface area contributed by atoms with Crippen LogP contribution in [0.4, 0.5) is 55.3 Å². The fraction of sp³-hybridized carbons (Fsp3) is 0. The predicted molar refractivity (Wildman–Crippen MR) is 154 cm³/mol. The molecule has 0 saturated heterocycles. The Morgan fingerprint density at radius 2 is 0.652 bits per heavy atom. The van der Waals surface area contributed by atoms with Gasteiger partial charge < -0.3 is 0 Å². The van der Waals surface area contributed by atoms with E-state index in [2.05, 4.69) is 9.98 Å². The topological polar surface area (TPSA) is 24.7 Å². The van der Waals surface area contributed by atoms with Gasteiger partial charge in [0.05, 0.1) is 22.5 Å². The van der Waals surface area contributed by atoms with E-state index in [1.165, 1.54) is 12.1 Å². The highest BCUT2D eigenvalue weighted by molar-refractivity contribution is 6.13. The first-order valence-electron chi connectivity index (χ1n) is 13.2. The van der Waals surface area contributed by atoms with Gasteiger partial charge in [-0.05, 0) is 33.7 Å². The number of fused-ring (bicyclic) bond motifs is 2. The van der Waals surface area contributed by atoms with Crippen LogP contribution in [0.15, 0.2) is 82.8 Å². The zero-order chi connectivity index (χ0) is 32.9. The van der Waals surface area contributed by atoms with E-state index in [1.54, 1.807) is 60.7 Å². The van der Waals surface area contributed by atoms with E-state index in [-0.39, 0.29) is 22.5 Å². The van der Waals surface area contributed by atoms with Crippen LogP contribution in [0.25, 0.3) is 32.7 Å². The summed E-state index contributed by atoms with van der Waals surface area (Å²) in [7, 11) is 0. The highest BCUT2D eigenvalue weighted by Gasteiger charge is 2.26. The highest BCUT2D eigenvalue weighted by Crippen LogP contribution is 2.45. The third kappa shape index (κ3) is 4.95. The molecule has 6 aromatic rings. The summed E-state index contributed by atoms with van der Waals surface area (Å²) in [5.74, 6) is -21.8. The molecule has 0 saturated carbocycles. The molecule has 0 fully saturated rings. The van der Waals surface area contributed by atoms with Crippen LogP contribution >= 0.6 is 0 Å². The van der Waals surface area contributed by atoms with Crippen molar-refractivity contribution < 1.29 is 43.9 Å². The van der Waals surface area contributed by atoms with Gasteiger partial charge in [-0.3, -0.25) is 9.98 Å². The Labute approximate surface area is 252 Å². The largest absolute Gasteiger partial charge is 0.255 e. The fourth-order valence-corrected chi connectivity index (χ4v) is 5.00. The summed E-state index contributed by atoms with van der Waals surface area (Å²) in [6.45, 7) is 0. The average Bonchev–Trinajstić information content (AvgIpc) is 3.07. The number of rotatable bonds is 5. The van der Waals surface area contributed by atoms with Gasteiger partial charge in [0.1, 0.15) is 0 Å². The number of benzene rings is 6. The van der Waals surface area contributed by atoms with Gasteiger partial charge in [-0.1, -0.05) is 60.7 Å². The van der Waals surface area contributed by atoms with Crippen molar-refractivity contribution >= 4 is 45.3 Å². The molecule has 0 spiro atoms. The van der Waals surface area contributed by atoms with Crippen LogP contribution in [0.2, 0.25) is 0 Å². The van der Waals surface area contributed by atoms with Crippen molar-refractivity contribution in [1.29, 1.82) is 0 Å². The maximum absolute atomic E-state index is 14.5. The summed E-state index contributed by atoms with van der Waals surface area (Å²) >= 11 is 0. The maximum atomic E-state index is 14.5. The van der Waals surface area contributed by atoms with Gasteiger partial charge in [-0.2, -0.15) is 0 Å². The first-order valence-corrected chi connectivity index (χ1v) is 13.2. The molecule has 0 heterocycles. The van der Waals surface area contributed by atoms with Gasteiger partial charge in [-0.25, -0.2) is 43.9 Å². The maximum Gasteiger partial charge on any atom is 0.200 e. The van der Waals surface area contributed by atoms with Gasteiger partial charge in [0.25, 0.3) is 0 Å². The van der Waals surface area contributed by atoms with Gasteiger partial charge >= 0.3 is 0 Å². The van der Waals surface area contributed by atoms with Crippen LogP contribution in [0.5, 0.6) is 0 Å². The van der Waals surface area contributed by atoms with Crippen LogP contribution in [-0.4, -0.2) is 12.4 Å². The van der Waals surface area contributed by atoms with Crippen LogP contribution in [-0.2, 0) is 0 Å². The van der Waals surface area contributed by atoms with Crippen molar-refractivity contribution in [3.05, 3.63) is 142 Å². The van der Waals surface area contributed by atoms with E-state index < -0.39 is 69.3 Å². The highest BCUT2D eigenvalue weighted by atomic mass is 19.2. The first kappa shape index (κ1) is 30.5. The number of aliphatic imine (C=N–C) groups is 2. The molecule has 6 rings (SSSR count). The normalized spacial score (nSPS) is 12.0. The van der Waals surface area contributed by atoms with E-state index in [0.29, 0.717) is 34.0 Å². The van der Waals surface area contributed by atoms with E-state index in [0.717, 1.165) is 0 Å². The summed E-state index contributed by atoms with van der Waals surface area (Å²) < 4.78 is 141. The van der Waals surface area contributed by atoms with Crippen molar-refractivity contribution in [2.24, 2.45) is 9.98 Å². The molecule has 0 radical (unpaired) electrons. The minimum atomic E-state index is -2.34. The lowest BCUT2D eigenvalue weighted by atomic mass is 9.91. The second kappa shape index (κ2) is 11.8. The minimum absolute atomic E-state index is 0.0494. The fourth-order valence-electron chi connectivity index (χ4n) is 5.00. The third-order valence-electron chi connectivity index (χ3n) is 7.22. The van der Waals surface area contributed by atoms with E-state index >= 15 is 0 Å². The Balaban J connectivity index is 1.65. The second-order valence-corrected chi connectivity index (χ2v) is 9.85. The molecular formula is C34H14F10N2. The second-order valence-electron chi connectivity index (χ2n) is 9.85. The minimum Gasteiger partial charge on any atom is -0.255 e. The van der Waals surface area contributed by atoms with E-state index in [1.807, 2.05) is 0 Å². The Morgan fingerprint density at radius 1 is 0.348 bits per heavy atom. The molecule has 0 aromatic heterocycles. The van der Waals surface area contributed by atoms with Gasteiger partial charge in [0.15, 0.2) is 46.5 Å². The molecule has 12 heteroatoms. The molecule has 0 aliphatic heterocycles. The Bertz CT molecular complexity index is 2060. The monoisotopic (exact) mass is 640 g/mol. The predicted octanol–water partition coefficient (Wildman–Crippen LogP) is 10.6. The van der Waals surface area contributed by atoms with Crippen LogP contribution < -0.4 is 0 Å². The molecular weight excluding hydrogens is 626 g/mol. The van der Waals surface area contributed by atoms with Crippen LogP contribution in [0, 0.1) is 58.2 Å². The Morgan fingerprint density at radius 3 is 1.00 bits per heavy atom. The zero-order valence-corrected chi connectivity index (χ0v) is 22.8. The lowest BCUT2D eigenvalue weighted by Crippen LogP contribution is -2.06. The molecule has 0 N–H and O–H groups in total. The van der Waals surface area contributed by atoms with Crippen LogP contribution in [0.3, 0.4) is 0 Å². The van der Waals surface area contributed by atoms with Crippen molar-refractivity contribution in [1.82, 2.24) is 0 Å². The number of hydrogen-bond acceptors (Lipinski definition) is 2. The number of hydrogen-bond donors (Lipinski definition) is 0. The standard InChI is InChI=1S/C34H14F10N2/c35-25-19(26(36)30(40)33(43)29(25)39)13-45-21-11-9-15-5-1-3-7-17(15)23(21)24-18-8-4-2-6-16(18)10-12-22(24)46-14-20-27(37)31(41)34(44)32(42)28(20)38/h1-14H. The molecule has 46 heavy (non-hydrogen) atoms. The molecule has 0 amide bonds. The molecule has 0 atom stereocenters. The van der Waals surface area contributed by atoms with E-state index in [9.17, 15) is 43.9 Å². The van der Waals surface area contributed by atoms with Crippen molar-refractivity contribution in [2.75, 3.05) is 0 Å². The van der Waals surface area contributed by atoms with Crippen molar-refractivity contribution in [3.63, 3.8) is 0 Å².